The first-order valence-electron chi connectivity index (χ1n) is 8.87. The molecule has 0 spiro atoms. The fourth-order valence-electron chi connectivity index (χ4n) is 2.40. The van der Waals surface area contributed by atoms with Gasteiger partial charge in [0.2, 0.25) is 0 Å². The van der Waals surface area contributed by atoms with E-state index in [2.05, 4.69) is 15.6 Å². The van der Waals surface area contributed by atoms with Crippen LogP contribution in [0.15, 0.2) is 54.7 Å². The third kappa shape index (κ3) is 7.77. The Kier molecular flexibility index (Phi) is 8.09. The molecule has 0 saturated carbocycles. The van der Waals surface area contributed by atoms with Crippen molar-refractivity contribution in [1.29, 1.82) is 0 Å². The van der Waals surface area contributed by atoms with Gasteiger partial charge in [0.05, 0.1) is 18.7 Å². The van der Waals surface area contributed by atoms with E-state index in [0.29, 0.717) is 6.42 Å². The van der Waals surface area contributed by atoms with Crippen molar-refractivity contribution in [3.63, 3.8) is 0 Å². The van der Waals surface area contributed by atoms with E-state index in [1.807, 2.05) is 48.5 Å². The summed E-state index contributed by atoms with van der Waals surface area (Å²) in [6.07, 6.45) is 0.967. The van der Waals surface area contributed by atoms with Crippen LogP contribution in [-0.2, 0) is 15.9 Å². The molecule has 7 nitrogen and oxygen atoms in total. The highest BCUT2D eigenvalue weighted by Gasteiger charge is 2.16. The Hall–Kier alpha value is -3.09. The average molecular weight is 371 g/mol. The molecular formula is C20H25N3O4. The quantitative estimate of drug-likeness (QED) is 0.696. The number of rotatable bonds is 8. The van der Waals surface area contributed by atoms with E-state index in [-0.39, 0.29) is 25.3 Å². The van der Waals surface area contributed by atoms with Crippen LogP contribution in [0.25, 0.3) is 0 Å². The number of amides is 2. The molecule has 1 unspecified atom stereocenters. The molecule has 0 saturated heterocycles. The Labute approximate surface area is 159 Å². The van der Waals surface area contributed by atoms with E-state index < -0.39 is 12.2 Å². The lowest BCUT2D eigenvalue weighted by Gasteiger charge is -2.19. The van der Waals surface area contributed by atoms with Gasteiger partial charge in [0.1, 0.15) is 6.61 Å². The Morgan fingerprint density at radius 3 is 2.44 bits per heavy atom. The van der Waals surface area contributed by atoms with Gasteiger partial charge in [-0.25, -0.2) is 9.59 Å². The van der Waals surface area contributed by atoms with Crippen LogP contribution in [0, 0.1) is 0 Å². The summed E-state index contributed by atoms with van der Waals surface area (Å²) in [4.78, 5) is 27.8. The minimum atomic E-state index is -0.557. The number of pyridine rings is 1. The third-order valence-corrected chi connectivity index (χ3v) is 3.58. The van der Waals surface area contributed by atoms with Gasteiger partial charge in [0.15, 0.2) is 0 Å². The number of alkyl carbamates (subject to hydrolysis) is 2. The predicted octanol–water partition coefficient (Wildman–Crippen LogP) is 3.23. The molecule has 1 aromatic heterocycles. The van der Waals surface area contributed by atoms with E-state index in [4.69, 9.17) is 9.47 Å². The summed E-state index contributed by atoms with van der Waals surface area (Å²) in [7, 11) is 0. The number of hydrogen-bond donors (Lipinski definition) is 2. The normalized spacial score (nSPS) is 11.5. The Morgan fingerprint density at radius 2 is 1.78 bits per heavy atom. The number of benzene rings is 1. The summed E-state index contributed by atoms with van der Waals surface area (Å²) >= 11 is 0. The molecule has 1 heterocycles. The topological polar surface area (TPSA) is 89.5 Å². The molecule has 0 fully saturated rings. The molecule has 2 amide bonds. The van der Waals surface area contributed by atoms with Crippen LogP contribution in [-0.4, -0.2) is 36.4 Å². The zero-order valence-corrected chi connectivity index (χ0v) is 15.6. The largest absolute Gasteiger partial charge is 0.448 e. The predicted molar refractivity (Wildman–Crippen MR) is 101 cm³/mol. The van der Waals surface area contributed by atoms with Crippen LogP contribution in [0.2, 0.25) is 0 Å². The molecule has 0 aliphatic heterocycles. The fourth-order valence-corrected chi connectivity index (χ4v) is 2.40. The molecule has 27 heavy (non-hydrogen) atoms. The molecule has 0 bridgehead atoms. The van der Waals surface area contributed by atoms with Crippen molar-refractivity contribution in [1.82, 2.24) is 15.6 Å². The maximum atomic E-state index is 12.1. The molecule has 2 aromatic rings. The number of nitrogens with zero attached hydrogens (tertiary/aromatic N) is 1. The molecule has 2 N–H and O–H groups in total. The second-order valence-electron chi connectivity index (χ2n) is 6.15. The van der Waals surface area contributed by atoms with Crippen molar-refractivity contribution in [2.24, 2.45) is 0 Å². The Balaban J connectivity index is 1.85. The van der Waals surface area contributed by atoms with Gasteiger partial charge in [-0.2, -0.15) is 0 Å². The first-order chi connectivity index (χ1) is 13.0. The number of carbonyl (C=O) groups is 2. The number of carbonyl (C=O) groups excluding carboxylic acids is 2. The molecule has 0 aliphatic carbocycles. The fraction of sp³-hybridized carbons (Fsp3) is 0.350. The third-order valence-electron chi connectivity index (χ3n) is 3.58. The number of hydrogen-bond acceptors (Lipinski definition) is 5. The molecule has 1 atom stereocenters. The minimum absolute atomic E-state index is 0.0458. The van der Waals surface area contributed by atoms with Crippen molar-refractivity contribution < 1.29 is 19.1 Å². The second-order valence-corrected chi connectivity index (χ2v) is 6.15. The van der Waals surface area contributed by atoms with Crippen molar-refractivity contribution in [2.45, 2.75) is 32.4 Å². The number of nitrogens with one attached hydrogen (secondary N) is 2. The van der Waals surface area contributed by atoms with Crippen LogP contribution in [0.5, 0.6) is 0 Å². The van der Waals surface area contributed by atoms with E-state index in [1.54, 1.807) is 20.0 Å². The Morgan fingerprint density at radius 1 is 1.04 bits per heavy atom. The zero-order valence-electron chi connectivity index (χ0n) is 15.6. The summed E-state index contributed by atoms with van der Waals surface area (Å²) in [5.74, 6) is 0. The summed E-state index contributed by atoms with van der Waals surface area (Å²) in [5.41, 5.74) is 1.82. The summed E-state index contributed by atoms with van der Waals surface area (Å²) in [5, 5.41) is 5.38. The van der Waals surface area contributed by atoms with Gasteiger partial charge < -0.3 is 20.1 Å². The van der Waals surface area contributed by atoms with Crippen molar-refractivity contribution in [3.8, 4) is 0 Å². The molecule has 144 valence electrons. The van der Waals surface area contributed by atoms with Crippen LogP contribution in [0.3, 0.4) is 0 Å². The van der Waals surface area contributed by atoms with E-state index in [1.165, 1.54) is 0 Å². The van der Waals surface area contributed by atoms with Gasteiger partial charge in [-0.1, -0.05) is 36.4 Å². The lowest BCUT2D eigenvalue weighted by atomic mass is 10.0. The molecule has 0 radical (unpaired) electrons. The maximum Gasteiger partial charge on any atom is 0.407 e. The molecule has 0 aliphatic rings. The Bertz CT molecular complexity index is 708. The van der Waals surface area contributed by atoms with E-state index in [9.17, 15) is 9.59 Å². The summed E-state index contributed by atoms with van der Waals surface area (Å²) < 4.78 is 10.1. The smallest absolute Gasteiger partial charge is 0.407 e. The van der Waals surface area contributed by atoms with Gasteiger partial charge in [-0.3, -0.25) is 4.98 Å². The van der Waals surface area contributed by atoms with Gasteiger partial charge in [0, 0.05) is 18.3 Å². The van der Waals surface area contributed by atoms with Crippen molar-refractivity contribution >= 4 is 12.2 Å². The highest BCUT2D eigenvalue weighted by Crippen LogP contribution is 2.17. The van der Waals surface area contributed by atoms with Crippen molar-refractivity contribution in [3.05, 3.63) is 66.0 Å². The standard InChI is InChI=1S/C20H25N3O4/c1-15(2)27-19(24)22-12-13-26-20(25)23-18(16-8-4-3-5-9-16)14-17-10-6-7-11-21-17/h3-11,15,18H,12-14H2,1-2H3,(H,22,24)(H,23,25). The van der Waals surface area contributed by atoms with E-state index in [0.717, 1.165) is 11.3 Å². The summed E-state index contributed by atoms with van der Waals surface area (Å²) in [6.45, 7) is 3.74. The van der Waals surface area contributed by atoms with Crippen LogP contribution < -0.4 is 10.6 Å². The SMILES string of the molecule is CC(C)OC(=O)NCCOC(=O)NC(Cc1ccccn1)c1ccccc1. The van der Waals surface area contributed by atoms with Crippen LogP contribution >= 0.6 is 0 Å². The molecule has 1 aromatic carbocycles. The monoisotopic (exact) mass is 371 g/mol. The van der Waals surface area contributed by atoms with Crippen LogP contribution in [0.4, 0.5) is 9.59 Å². The molecule has 7 heteroatoms. The summed E-state index contributed by atoms with van der Waals surface area (Å²) in [6, 6.07) is 15.0. The van der Waals surface area contributed by atoms with Gasteiger partial charge in [-0.05, 0) is 31.5 Å². The number of ether oxygens (including phenoxy) is 2. The van der Waals surface area contributed by atoms with E-state index >= 15 is 0 Å². The van der Waals surface area contributed by atoms with Gasteiger partial charge in [0.25, 0.3) is 0 Å². The lowest BCUT2D eigenvalue weighted by molar-refractivity contribution is 0.109. The number of aromatic nitrogens is 1. The maximum absolute atomic E-state index is 12.1. The van der Waals surface area contributed by atoms with Crippen molar-refractivity contribution in [2.75, 3.05) is 13.2 Å². The first kappa shape index (κ1) is 20.2. The molecular weight excluding hydrogens is 346 g/mol. The van der Waals surface area contributed by atoms with Gasteiger partial charge >= 0.3 is 12.2 Å². The second kappa shape index (κ2) is 10.8. The lowest BCUT2D eigenvalue weighted by Crippen LogP contribution is -2.34. The highest BCUT2D eigenvalue weighted by molar-refractivity contribution is 5.68. The first-order valence-corrected chi connectivity index (χ1v) is 8.87. The van der Waals surface area contributed by atoms with Gasteiger partial charge in [-0.15, -0.1) is 0 Å². The minimum Gasteiger partial charge on any atom is -0.448 e. The zero-order chi connectivity index (χ0) is 19.5. The highest BCUT2D eigenvalue weighted by atomic mass is 16.6. The molecule has 2 rings (SSSR count). The average Bonchev–Trinajstić information content (AvgIpc) is 2.66. The van der Waals surface area contributed by atoms with Crippen LogP contribution in [0.1, 0.15) is 31.1 Å².